The van der Waals surface area contributed by atoms with E-state index in [-0.39, 0.29) is 24.0 Å². The van der Waals surface area contributed by atoms with Crippen molar-refractivity contribution >= 4 is 28.2 Å². The van der Waals surface area contributed by atoms with E-state index < -0.39 is 5.82 Å². The fraction of sp³-hybridized carbons (Fsp3) is 0.444. The number of nitrogens with one attached hydrogen (secondary N) is 1. The molecule has 3 aromatic rings. The molecular formula is C27H32FN5O2. The van der Waals surface area contributed by atoms with Gasteiger partial charge in [-0.15, -0.1) is 0 Å². The zero-order valence-corrected chi connectivity index (χ0v) is 20.2. The van der Waals surface area contributed by atoms with Crippen molar-refractivity contribution in [2.75, 3.05) is 30.4 Å². The Morgan fingerprint density at radius 3 is 2.86 bits per heavy atom. The third kappa shape index (κ3) is 4.86. The first-order chi connectivity index (χ1) is 16.9. The third-order valence-corrected chi connectivity index (χ3v) is 7.39. The van der Waals surface area contributed by atoms with E-state index in [4.69, 9.17) is 10.5 Å². The predicted molar refractivity (Wildman–Crippen MR) is 135 cm³/mol. The molecule has 1 aliphatic heterocycles. The van der Waals surface area contributed by atoms with E-state index in [1.807, 2.05) is 6.07 Å². The third-order valence-electron chi connectivity index (χ3n) is 7.39. The number of carbonyl (C=O) groups is 1. The minimum absolute atomic E-state index is 0.148. The molecule has 1 aromatic carbocycles. The van der Waals surface area contributed by atoms with Gasteiger partial charge in [0.05, 0.1) is 41.0 Å². The second-order valence-corrected chi connectivity index (χ2v) is 9.96. The highest BCUT2D eigenvalue weighted by Gasteiger charge is 2.28. The Morgan fingerprint density at radius 1 is 1.23 bits per heavy atom. The Bertz CT molecular complexity index is 1230. The maximum atomic E-state index is 14.8. The second kappa shape index (κ2) is 9.87. The summed E-state index contributed by atoms with van der Waals surface area (Å²) in [6.45, 7) is 3.77. The summed E-state index contributed by atoms with van der Waals surface area (Å²) in [5.41, 5.74) is 9.49. The van der Waals surface area contributed by atoms with Crippen molar-refractivity contribution in [2.45, 2.75) is 50.7 Å². The number of amides is 1. The number of methoxy groups -OCH3 is 1. The number of hydrogen-bond acceptors (Lipinski definition) is 6. The van der Waals surface area contributed by atoms with Crippen molar-refractivity contribution in [3.8, 4) is 0 Å². The molecule has 0 spiro atoms. The van der Waals surface area contributed by atoms with E-state index in [0.29, 0.717) is 28.1 Å². The number of rotatable bonds is 5. The number of hydrogen-bond donors (Lipinski definition) is 2. The van der Waals surface area contributed by atoms with Gasteiger partial charge in [0.1, 0.15) is 5.82 Å². The fourth-order valence-corrected chi connectivity index (χ4v) is 5.65. The number of fused-ring (bicyclic) bond motifs is 1. The summed E-state index contributed by atoms with van der Waals surface area (Å²) < 4.78 is 20.3. The van der Waals surface area contributed by atoms with Crippen LogP contribution >= 0.6 is 0 Å². The summed E-state index contributed by atoms with van der Waals surface area (Å²) in [7, 11) is 1.70. The zero-order valence-electron chi connectivity index (χ0n) is 20.2. The molecule has 1 saturated heterocycles. The second-order valence-electron chi connectivity index (χ2n) is 9.96. The summed E-state index contributed by atoms with van der Waals surface area (Å²) in [5, 5.41) is 3.35. The molecule has 7 nitrogen and oxygen atoms in total. The summed E-state index contributed by atoms with van der Waals surface area (Å²) >= 11 is 0. The van der Waals surface area contributed by atoms with E-state index in [1.54, 1.807) is 31.8 Å². The highest BCUT2D eigenvalue weighted by atomic mass is 19.1. The van der Waals surface area contributed by atoms with Crippen LogP contribution in [0.3, 0.4) is 0 Å². The van der Waals surface area contributed by atoms with Gasteiger partial charge in [0.2, 0.25) is 0 Å². The normalized spacial score (nSPS) is 24.6. The van der Waals surface area contributed by atoms with E-state index in [0.717, 1.165) is 50.0 Å². The lowest BCUT2D eigenvalue weighted by Crippen LogP contribution is -2.31. The molecule has 3 N–H and O–H groups in total. The Balaban J connectivity index is 1.43. The maximum Gasteiger partial charge on any atom is 0.257 e. The van der Waals surface area contributed by atoms with E-state index in [9.17, 15) is 9.18 Å². The van der Waals surface area contributed by atoms with E-state index >= 15 is 0 Å². The first kappa shape index (κ1) is 23.6. The van der Waals surface area contributed by atoms with Crippen molar-refractivity contribution in [1.82, 2.24) is 9.97 Å². The lowest BCUT2D eigenvalue weighted by Gasteiger charge is -2.32. The molecule has 2 aromatic heterocycles. The van der Waals surface area contributed by atoms with Crippen LogP contribution < -0.4 is 16.0 Å². The molecule has 35 heavy (non-hydrogen) atoms. The number of ether oxygens (including phenoxy) is 1. The molecule has 1 saturated carbocycles. The van der Waals surface area contributed by atoms with Crippen molar-refractivity contribution in [1.29, 1.82) is 0 Å². The molecule has 0 bridgehead atoms. The monoisotopic (exact) mass is 477 g/mol. The molecule has 0 radical (unpaired) electrons. The lowest BCUT2D eigenvalue weighted by molar-refractivity contribution is 0.102. The highest BCUT2D eigenvalue weighted by molar-refractivity contribution is 6.12. The predicted octanol–water partition coefficient (Wildman–Crippen LogP) is 4.48. The SMILES string of the molecule is COC1CCN(c2cnc3c(C(=O)Nc4cnccc4C4CC(C)CC(N)C4)ccc(F)c3c2)C1. The molecule has 184 valence electrons. The summed E-state index contributed by atoms with van der Waals surface area (Å²) in [6.07, 6.45) is 9.11. The smallest absolute Gasteiger partial charge is 0.257 e. The Morgan fingerprint density at radius 2 is 2.09 bits per heavy atom. The van der Waals surface area contributed by atoms with Crippen LogP contribution in [0.1, 0.15) is 54.4 Å². The molecular weight excluding hydrogens is 445 g/mol. The highest BCUT2D eigenvalue weighted by Crippen LogP contribution is 2.38. The van der Waals surface area contributed by atoms with Gasteiger partial charge in [-0.3, -0.25) is 14.8 Å². The lowest BCUT2D eigenvalue weighted by atomic mass is 9.76. The van der Waals surface area contributed by atoms with Gasteiger partial charge in [-0.05, 0) is 67.3 Å². The summed E-state index contributed by atoms with van der Waals surface area (Å²) in [5.74, 6) is 0.0441. The van der Waals surface area contributed by atoms with Crippen LogP contribution in [0.15, 0.2) is 42.9 Å². The van der Waals surface area contributed by atoms with Crippen LogP contribution in [-0.2, 0) is 4.74 Å². The van der Waals surface area contributed by atoms with Crippen molar-refractivity contribution in [2.24, 2.45) is 11.7 Å². The first-order valence-electron chi connectivity index (χ1n) is 12.3. The van der Waals surface area contributed by atoms with Gasteiger partial charge >= 0.3 is 0 Å². The number of anilines is 2. The van der Waals surface area contributed by atoms with Crippen LogP contribution in [0.2, 0.25) is 0 Å². The molecule has 1 aliphatic carbocycles. The average Bonchev–Trinajstić information content (AvgIpc) is 3.33. The zero-order chi connectivity index (χ0) is 24.5. The molecule has 2 aliphatic rings. The molecule has 4 unspecified atom stereocenters. The average molecular weight is 478 g/mol. The van der Waals surface area contributed by atoms with Crippen LogP contribution in [-0.4, -0.2) is 48.2 Å². The number of pyridine rings is 2. The number of carbonyl (C=O) groups excluding carboxylic acids is 1. The van der Waals surface area contributed by atoms with Gasteiger partial charge < -0.3 is 20.7 Å². The molecule has 3 heterocycles. The van der Waals surface area contributed by atoms with Crippen LogP contribution in [0, 0.1) is 11.7 Å². The number of nitrogens with two attached hydrogens (primary N) is 1. The maximum absolute atomic E-state index is 14.8. The van der Waals surface area contributed by atoms with Crippen LogP contribution in [0.25, 0.3) is 10.9 Å². The van der Waals surface area contributed by atoms with Crippen molar-refractivity contribution in [3.63, 3.8) is 0 Å². The molecule has 2 fully saturated rings. The van der Waals surface area contributed by atoms with E-state index in [2.05, 4.69) is 27.1 Å². The van der Waals surface area contributed by atoms with Gasteiger partial charge in [-0.2, -0.15) is 0 Å². The van der Waals surface area contributed by atoms with Gasteiger partial charge in [0.25, 0.3) is 5.91 Å². The summed E-state index contributed by atoms with van der Waals surface area (Å²) in [4.78, 5) is 24.3. The fourth-order valence-electron chi connectivity index (χ4n) is 5.65. The largest absolute Gasteiger partial charge is 0.380 e. The summed E-state index contributed by atoms with van der Waals surface area (Å²) in [6, 6.07) is 6.70. The van der Waals surface area contributed by atoms with Crippen LogP contribution in [0.4, 0.5) is 15.8 Å². The number of nitrogens with zero attached hydrogens (tertiary/aromatic N) is 3. The molecule has 8 heteroatoms. The Kier molecular flexibility index (Phi) is 6.67. The number of benzene rings is 1. The Labute approximate surface area is 204 Å². The van der Waals surface area contributed by atoms with E-state index in [1.165, 1.54) is 12.1 Å². The minimum atomic E-state index is -0.402. The van der Waals surface area contributed by atoms with Gasteiger partial charge in [-0.1, -0.05) is 6.92 Å². The van der Waals surface area contributed by atoms with Crippen LogP contribution in [0.5, 0.6) is 0 Å². The van der Waals surface area contributed by atoms with Gasteiger partial charge in [-0.25, -0.2) is 4.39 Å². The Hall–Kier alpha value is -3.10. The van der Waals surface area contributed by atoms with Crippen molar-refractivity contribution in [3.05, 3.63) is 59.8 Å². The molecule has 5 rings (SSSR count). The number of halogens is 1. The quantitative estimate of drug-likeness (QED) is 0.563. The number of aromatic nitrogens is 2. The van der Waals surface area contributed by atoms with Crippen molar-refractivity contribution < 1.29 is 13.9 Å². The molecule has 4 atom stereocenters. The first-order valence-corrected chi connectivity index (χ1v) is 12.3. The minimum Gasteiger partial charge on any atom is -0.380 e. The molecule has 1 amide bonds. The topological polar surface area (TPSA) is 93.4 Å². The van der Waals surface area contributed by atoms with Gasteiger partial charge in [0, 0.05) is 37.8 Å². The standard InChI is InChI=1S/C27H32FN5O2/c1-16-9-17(11-18(29)10-16)21-5-7-30-14-25(21)32-27(34)22-3-4-24(28)23-12-19(13-31-26(22)23)33-8-6-20(15-33)35-2/h3-5,7,12-14,16-18,20H,6,8-11,15,29H2,1-2H3,(H,32,34). The van der Waals surface area contributed by atoms with Gasteiger partial charge in [0.15, 0.2) is 0 Å².